The van der Waals surface area contributed by atoms with Crippen LogP contribution in [-0.4, -0.2) is 51.0 Å². The molecule has 108 valence electrons. The van der Waals surface area contributed by atoms with Gasteiger partial charge in [-0.3, -0.25) is 14.6 Å². The monoisotopic (exact) mass is 294 g/mol. The lowest BCUT2D eigenvalue weighted by atomic mass is 10.1. The number of carbonyl (C=O) groups is 2. The first kappa shape index (κ1) is 14.8. The number of rotatable bonds is 5. The van der Waals surface area contributed by atoms with E-state index in [0.29, 0.717) is 25.1 Å². The summed E-state index contributed by atoms with van der Waals surface area (Å²) in [5.41, 5.74) is 0.891. The van der Waals surface area contributed by atoms with Crippen LogP contribution in [0.3, 0.4) is 0 Å². The summed E-state index contributed by atoms with van der Waals surface area (Å²) in [6.07, 6.45) is 2.73. The van der Waals surface area contributed by atoms with Gasteiger partial charge in [-0.1, -0.05) is 6.07 Å². The number of carbonyl (C=O) groups excluding carboxylic acids is 1. The van der Waals surface area contributed by atoms with Gasteiger partial charge in [-0.05, 0) is 18.6 Å². The summed E-state index contributed by atoms with van der Waals surface area (Å²) in [7, 11) is 0. The highest BCUT2D eigenvalue weighted by Gasteiger charge is 2.28. The second-order valence-electron chi connectivity index (χ2n) is 4.73. The Hall–Kier alpha value is -1.56. The number of carboxylic acids is 1. The van der Waals surface area contributed by atoms with Crippen molar-refractivity contribution in [2.75, 3.05) is 18.1 Å². The van der Waals surface area contributed by atoms with E-state index in [4.69, 9.17) is 5.11 Å². The van der Waals surface area contributed by atoms with Crippen LogP contribution in [0.25, 0.3) is 0 Å². The fourth-order valence-electron chi connectivity index (χ4n) is 2.28. The van der Waals surface area contributed by atoms with Crippen molar-refractivity contribution in [2.24, 2.45) is 0 Å². The molecule has 6 heteroatoms. The largest absolute Gasteiger partial charge is 0.481 e. The van der Waals surface area contributed by atoms with Crippen molar-refractivity contribution in [2.45, 2.75) is 25.3 Å². The van der Waals surface area contributed by atoms with Gasteiger partial charge in [0.15, 0.2) is 0 Å². The average Bonchev–Trinajstić information content (AvgIpc) is 2.46. The van der Waals surface area contributed by atoms with E-state index in [0.717, 1.165) is 11.4 Å². The Morgan fingerprint density at radius 2 is 2.30 bits per heavy atom. The molecule has 1 aromatic heterocycles. The van der Waals surface area contributed by atoms with Gasteiger partial charge in [0.05, 0.1) is 12.5 Å². The number of hydrogen-bond acceptors (Lipinski definition) is 4. The SMILES string of the molecule is O=C(O)CC1CSCCN1C(=O)CCc1ccccn1. The van der Waals surface area contributed by atoms with Crippen molar-refractivity contribution in [1.82, 2.24) is 9.88 Å². The van der Waals surface area contributed by atoms with Gasteiger partial charge in [0, 0.05) is 36.4 Å². The number of carboxylic acid groups (broad SMARTS) is 1. The first-order chi connectivity index (χ1) is 9.66. The zero-order valence-corrected chi connectivity index (χ0v) is 12.0. The third-order valence-corrected chi connectivity index (χ3v) is 4.37. The van der Waals surface area contributed by atoms with Crippen LogP contribution >= 0.6 is 11.8 Å². The van der Waals surface area contributed by atoms with Gasteiger partial charge in [-0.15, -0.1) is 0 Å². The molecule has 20 heavy (non-hydrogen) atoms. The number of hydrogen-bond donors (Lipinski definition) is 1. The van der Waals surface area contributed by atoms with Gasteiger partial charge in [-0.25, -0.2) is 0 Å². The number of aliphatic carboxylic acids is 1. The Labute approximate surface area is 122 Å². The molecule has 1 N–H and O–H groups in total. The molecule has 5 nitrogen and oxygen atoms in total. The highest BCUT2D eigenvalue weighted by molar-refractivity contribution is 7.99. The van der Waals surface area contributed by atoms with E-state index in [1.807, 2.05) is 18.2 Å². The minimum absolute atomic E-state index is 0.0298. The molecule has 0 bridgehead atoms. The molecule has 0 aromatic carbocycles. The zero-order chi connectivity index (χ0) is 14.4. The van der Waals surface area contributed by atoms with E-state index in [2.05, 4.69) is 4.98 Å². The molecule has 1 aliphatic rings. The van der Waals surface area contributed by atoms with Crippen LogP contribution in [-0.2, 0) is 16.0 Å². The Morgan fingerprint density at radius 3 is 3.00 bits per heavy atom. The lowest BCUT2D eigenvalue weighted by Crippen LogP contribution is -2.47. The lowest BCUT2D eigenvalue weighted by molar-refractivity contribution is -0.140. The summed E-state index contributed by atoms with van der Waals surface area (Å²) in [6.45, 7) is 0.643. The second kappa shape index (κ2) is 7.28. The van der Waals surface area contributed by atoms with Crippen LogP contribution in [0.5, 0.6) is 0 Å². The maximum Gasteiger partial charge on any atom is 0.305 e. The molecule has 0 spiro atoms. The normalized spacial score (nSPS) is 18.8. The van der Waals surface area contributed by atoms with Crippen LogP contribution in [0.1, 0.15) is 18.5 Å². The van der Waals surface area contributed by atoms with Crippen molar-refractivity contribution in [3.05, 3.63) is 30.1 Å². The first-order valence-electron chi connectivity index (χ1n) is 6.65. The maximum absolute atomic E-state index is 12.3. The molecule has 2 heterocycles. The number of thioether (sulfide) groups is 1. The van der Waals surface area contributed by atoms with E-state index >= 15 is 0 Å². The molecule has 1 amide bonds. The molecule has 1 aromatic rings. The molecule has 0 saturated carbocycles. The number of aromatic nitrogens is 1. The molecule has 2 rings (SSSR count). The fourth-order valence-corrected chi connectivity index (χ4v) is 3.34. The molecular formula is C14H18N2O3S. The molecule has 1 aliphatic heterocycles. The van der Waals surface area contributed by atoms with Crippen LogP contribution in [0, 0.1) is 0 Å². The van der Waals surface area contributed by atoms with Gasteiger partial charge >= 0.3 is 5.97 Å². The number of aryl methyl sites for hydroxylation is 1. The van der Waals surface area contributed by atoms with E-state index in [9.17, 15) is 9.59 Å². The van der Waals surface area contributed by atoms with E-state index in [1.165, 1.54) is 0 Å². The first-order valence-corrected chi connectivity index (χ1v) is 7.81. The predicted molar refractivity (Wildman–Crippen MR) is 77.6 cm³/mol. The number of nitrogens with zero attached hydrogens (tertiary/aromatic N) is 2. The third kappa shape index (κ3) is 4.23. The Bertz CT molecular complexity index is 467. The van der Waals surface area contributed by atoms with Gasteiger partial charge in [0.2, 0.25) is 5.91 Å². The van der Waals surface area contributed by atoms with Crippen LogP contribution < -0.4 is 0 Å². The quantitative estimate of drug-likeness (QED) is 0.889. The minimum Gasteiger partial charge on any atom is -0.481 e. The Kier molecular flexibility index (Phi) is 5.40. The molecule has 1 unspecified atom stereocenters. The smallest absolute Gasteiger partial charge is 0.305 e. The van der Waals surface area contributed by atoms with Crippen LogP contribution in [0.4, 0.5) is 0 Å². The highest BCUT2D eigenvalue weighted by atomic mass is 32.2. The Morgan fingerprint density at radius 1 is 1.45 bits per heavy atom. The van der Waals surface area contributed by atoms with E-state index < -0.39 is 5.97 Å². The van der Waals surface area contributed by atoms with Crippen molar-refractivity contribution in [1.29, 1.82) is 0 Å². The predicted octanol–water partition coefficient (Wildman–Crippen LogP) is 1.43. The van der Waals surface area contributed by atoms with Gasteiger partial charge in [-0.2, -0.15) is 11.8 Å². The van der Waals surface area contributed by atoms with E-state index in [1.54, 1.807) is 22.9 Å². The topological polar surface area (TPSA) is 70.5 Å². The van der Waals surface area contributed by atoms with Gasteiger partial charge < -0.3 is 10.0 Å². The van der Waals surface area contributed by atoms with E-state index in [-0.39, 0.29) is 18.4 Å². The van der Waals surface area contributed by atoms with Crippen LogP contribution in [0.2, 0.25) is 0 Å². The Balaban J connectivity index is 1.90. The summed E-state index contributed by atoms with van der Waals surface area (Å²) in [5.74, 6) is 0.773. The maximum atomic E-state index is 12.3. The number of amides is 1. The van der Waals surface area contributed by atoms with Crippen molar-refractivity contribution < 1.29 is 14.7 Å². The minimum atomic E-state index is -0.847. The average molecular weight is 294 g/mol. The van der Waals surface area contributed by atoms with Crippen molar-refractivity contribution >= 4 is 23.6 Å². The summed E-state index contributed by atoms with van der Waals surface area (Å²) in [4.78, 5) is 29.0. The summed E-state index contributed by atoms with van der Waals surface area (Å²) in [6, 6.07) is 5.46. The molecule has 1 atom stereocenters. The summed E-state index contributed by atoms with van der Waals surface area (Å²) >= 11 is 1.71. The zero-order valence-electron chi connectivity index (χ0n) is 11.2. The van der Waals surface area contributed by atoms with Gasteiger partial charge in [0.25, 0.3) is 0 Å². The van der Waals surface area contributed by atoms with Crippen molar-refractivity contribution in [3.63, 3.8) is 0 Å². The molecule has 0 radical (unpaired) electrons. The fraction of sp³-hybridized carbons (Fsp3) is 0.500. The lowest BCUT2D eigenvalue weighted by Gasteiger charge is -2.34. The molecule has 1 saturated heterocycles. The second-order valence-corrected chi connectivity index (χ2v) is 5.88. The highest BCUT2D eigenvalue weighted by Crippen LogP contribution is 2.20. The summed E-state index contributed by atoms with van der Waals surface area (Å²) in [5, 5.41) is 8.92. The molecular weight excluding hydrogens is 276 g/mol. The van der Waals surface area contributed by atoms with Gasteiger partial charge in [0.1, 0.15) is 0 Å². The molecule has 0 aliphatic carbocycles. The molecule has 1 fully saturated rings. The summed E-state index contributed by atoms with van der Waals surface area (Å²) < 4.78 is 0. The number of pyridine rings is 1. The van der Waals surface area contributed by atoms with Crippen LogP contribution in [0.15, 0.2) is 24.4 Å². The van der Waals surface area contributed by atoms with Crippen molar-refractivity contribution in [3.8, 4) is 0 Å². The standard InChI is InChI=1S/C14H18N2O3S/c17-13(5-4-11-3-1-2-6-15-11)16-7-8-20-10-12(16)9-14(18)19/h1-3,6,12H,4-5,7-10H2,(H,18,19). The third-order valence-electron chi connectivity index (χ3n) is 3.28.